The standard InChI is InChI=1S/C16H12NO.C5H8O2.Ir/c18-11-13-6-1-3-7-14(13)16-10-9-12-5-2-4-8-15(12)17-16;1-4(6)3-5(2)7;/h1-6,8-10,18H,11H2;3,6H,1-2H3;/q-1;;/b;4-3-;. The van der Waals surface area contributed by atoms with Crippen LogP contribution in [0.1, 0.15) is 19.4 Å². The van der Waals surface area contributed by atoms with Crippen LogP contribution in [0.3, 0.4) is 0 Å². The van der Waals surface area contributed by atoms with E-state index in [2.05, 4.69) is 11.1 Å². The average Bonchev–Trinajstić information content (AvgIpc) is 2.60. The Labute approximate surface area is 166 Å². The van der Waals surface area contributed by atoms with Crippen molar-refractivity contribution in [3.05, 3.63) is 78.1 Å². The van der Waals surface area contributed by atoms with Crippen molar-refractivity contribution < 1.29 is 35.1 Å². The van der Waals surface area contributed by atoms with E-state index in [0.717, 1.165) is 27.7 Å². The molecule has 3 aromatic rings. The number of pyridine rings is 1. The van der Waals surface area contributed by atoms with Crippen LogP contribution >= 0.6 is 0 Å². The fraction of sp³-hybridized carbons (Fsp3) is 0.143. The molecule has 0 bridgehead atoms. The molecule has 0 unspecified atom stereocenters. The summed E-state index contributed by atoms with van der Waals surface area (Å²) in [4.78, 5) is 14.6. The quantitative estimate of drug-likeness (QED) is 0.305. The Balaban J connectivity index is 0.000000366. The maximum absolute atomic E-state index is 10.0. The van der Waals surface area contributed by atoms with Crippen molar-refractivity contribution in [3.63, 3.8) is 0 Å². The van der Waals surface area contributed by atoms with Gasteiger partial charge in [0.25, 0.3) is 0 Å². The molecule has 2 N–H and O–H groups in total. The van der Waals surface area contributed by atoms with Crippen LogP contribution in [0.5, 0.6) is 0 Å². The number of nitrogens with zero attached hydrogens (tertiary/aromatic N) is 1. The number of hydrogen-bond acceptors (Lipinski definition) is 4. The van der Waals surface area contributed by atoms with Crippen molar-refractivity contribution in [1.29, 1.82) is 0 Å². The molecule has 1 heterocycles. The van der Waals surface area contributed by atoms with Crippen molar-refractivity contribution in [2.24, 2.45) is 0 Å². The first-order chi connectivity index (χ1) is 12.0. The van der Waals surface area contributed by atoms with Crippen molar-refractivity contribution in [2.45, 2.75) is 20.5 Å². The zero-order valence-corrected chi connectivity index (χ0v) is 17.0. The van der Waals surface area contributed by atoms with Crippen LogP contribution in [-0.4, -0.2) is 21.0 Å². The predicted molar refractivity (Wildman–Crippen MR) is 99.0 cm³/mol. The Bertz CT molecular complexity index is 902. The molecule has 0 aliphatic heterocycles. The molecule has 0 aliphatic carbocycles. The van der Waals surface area contributed by atoms with E-state index in [1.54, 1.807) is 0 Å². The molecule has 0 saturated carbocycles. The summed E-state index contributed by atoms with van der Waals surface area (Å²) in [6, 6.07) is 20.7. The van der Waals surface area contributed by atoms with Gasteiger partial charge < -0.3 is 10.2 Å². The van der Waals surface area contributed by atoms with Crippen molar-refractivity contribution >= 4 is 16.7 Å². The number of hydrogen-bond donors (Lipinski definition) is 2. The molecule has 0 atom stereocenters. The smallest absolute Gasteiger partial charge is 0.155 e. The molecule has 0 saturated heterocycles. The monoisotopic (exact) mass is 527 g/mol. The first-order valence-corrected chi connectivity index (χ1v) is 7.85. The van der Waals surface area contributed by atoms with E-state index in [1.807, 2.05) is 54.6 Å². The third kappa shape index (κ3) is 6.19. The third-order valence-corrected chi connectivity index (χ3v) is 3.38. The molecule has 0 fully saturated rings. The van der Waals surface area contributed by atoms with E-state index in [0.29, 0.717) is 0 Å². The van der Waals surface area contributed by atoms with E-state index in [1.165, 1.54) is 19.9 Å². The number of aliphatic hydroxyl groups excluding tert-OH is 2. The molecular formula is C21H20IrNO3-. The van der Waals surface area contributed by atoms with Gasteiger partial charge in [0.1, 0.15) is 0 Å². The molecular weight excluding hydrogens is 506 g/mol. The fourth-order valence-corrected chi connectivity index (χ4v) is 2.34. The van der Waals surface area contributed by atoms with Crippen LogP contribution < -0.4 is 0 Å². The van der Waals surface area contributed by atoms with E-state index in [4.69, 9.17) is 5.11 Å². The summed E-state index contributed by atoms with van der Waals surface area (Å²) in [6.07, 6.45) is 1.17. The SMILES string of the molecule is CC(=O)/C=C(/C)O.OCc1ccc[c-]c1-c1ccc2ccccc2n1.[Ir]. The van der Waals surface area contributed by atoms with Gasteiger partial charge in [0.05, 0.1) is 11.3 Å². The maximum Gasteiger partial charge on any atom is 0.155 e. The number of benzene rings is 2. The molecule has 3 rings (SSSR count). The van der Waals surface area contributed by atoms with Gasteiger partial charge in [-0.05, 0) is 31.0 Å². The summed E-state index contributed by atoms with van der Waals surface area (Å²) in [5.41, 5.74) is 3.51. The first-order valence-electron chi connectivity index (χ1n) is 7.85. The number of fused-ring (bicyclic) bond motifs is 1. The van der Waals surface area contributed by atoms with Crippen molar-refractivity contribution in [3.8, 4) is 11.3 Å². The second kappa shape index (κ2) is 10.6. The van der Waals surface area contributed by atoms with Crippen LogP contribution in [0.25, 0.3) is 22.2 Å². The molecule has 26 heavy (non-hydrogen) atoms. The number of para-hydroxylation sites is 1. The number of allylic oxidation sites excluding steroid dienone is 2. The zero-order valence-electron chi connectivity index (χ0n) is 14.6. The molecule has 2 aromatic carbocycles. The number of aliphatic hydroxyl groups is 2. The molecule has 0 spiro atoms. The van der Waals surface area contributed by atoms with Gasteiger partial charge in [-0.2, -0.15) is 0 Å². The summed E-state index contributed by atoms with van der Waals surface area (Å²) in [5.74, 6) is -0.0625. The number of aromatic nitrogens is 1. The number of carbonyl (C=O) groups excluding carboxylic acids is 1. The molecule has 5 heteroatoms. The molecule has 0 aliphatic rings. The summed E-state index contributed by atoms with van der Waals surface area (Å²) >= 11 is 0. The number of carbonyl (C=O) groups is 1. The van der Waals surface area contributed by atoms with Crippen LogP contribution in [0.4, 0.5) is 0 Å². The van der Waals surface area contributed by atoms with Gasteiger partial charge in [-0.3, -0.25) is 9.78 Å². The van der Waals surface area contributed by atoms with E-state index in [9.17, 15) is 9.90 Å². The summed E-state index contributed by atoms with van der Waals surface area (Å²) < 4.78 is 0. The number of rotatable bonds is 3. The zero-order chi connectivity index (χ0) is 18.2. The van der Waals surface area contributed by atoms with Crippen LogP contribution in [0, 0.1) is 6.07 Å². The minimum atomic E-state index is -0.125. The van der Waals surface area contributed by atoms with Crippen LogP contribution in [0.15, 0.2) is 66.4 Å². The van der Waals surface area contributed by atoms with Gasteiger partial charge in [-0.25, -0.2) is 0 Å². The Kier molecular flexibility index (Phi) is 8.86. The van der Waals surface area contributed by atoms with Gasteiger partial charge in [-0.15, -0.1) is 35.4 Å². The molecule has 1 radical (unpaired) electrons. The summed E-state index contributed by atoms with van der Waals surface area (Å²) in [6.45, 7) is 2.85. The number of ketones is 1. The Morgan fingerprint density at radius 2 is 1.85 bits per heavy atom. The second-order valence-electron chi connectivity index (χ2n) is 5.51. The maximum atomic E-state index is 10.0. The van der Waals surface area contributed by atoms with E-state index >= 15 is 0 Å². The Hall–Kier alpha value is -2.33. The van der Waals surface area contributed by atoms with Gasteiger partial charge >= 0.3 is 0 Å². The van der Waals surface area contributed by atoms with Crippen LogP contribution in [0.2, 0.25) is 0 Å². The molecule has 4 nitrogen and oxygen atoms in total. The predicted octanol–water partition coefficient (Wildman–Crippen LogP) is 4.23. The average molecular weight is 527 g/mol. The Morgan fingerprint density at radius 1 is 1.12 bits per heavy atom. The minimum absolute atomic E-state index is 0. The van der Waals surface area contributed by atoms with Gasteiger partial charge in [0.2, 0.25) is 0 Å². The van der Waals surface area contributed by atoms with E-state index in [-0.39, 0.29) is 38.3 Å². The van der Waals surface area contributed by atoms with Gasteiger partial charge in [0, 0.05) is 32.8 Å². The topological polar surface area (TPSA) is 70.4 Å². The largest absolute Gasteiger partial charge is 0.512 e. The fourth-order valence-electron chi connectivity index (χ4n) is 2.34. The van der Waals surface area contributed by atoms with Crippen LogP contribution in [-0.2, 0) is 31.5 Å². The normalized spacial score (nSPS) is 10.5. The second-order valence-corrected chi connectivity index (χ2v) is 5.51. The van der Waals surface area contributed by atoms with E-state index < -0.39 is 0 Å². The minimum Gasteiger partial charge on any atom is -0.512 e. The molecule has 0 amide bonds. The summed E-state index contributed by atoms with van der Waals surface area (Å²) in [5, 5.41) is 18.8. The van der Waals surface area contributed by atoms with Gasteiger partial charge in [-0.1, -0.05) is 30.3 Å². The van der Waals surface area contributed by atoms with Crippen molar-refractivity contribution in [1.82, 2.24) is 4.98 Å². The molecule has 1 aromatic heterocycles. The third-order valence-electron chi connectivity index (χ3n) is 3.38. The molecule has 137 valence electrons. The first kappa shape index (κ1) is 21.7. The Morgan fingerprint density at radius 3 is 2.46 bits per heavy atom. The van der Waals surface area contributed by atoms with Crippen molar-refractivity contribution in [2.75, 3.05) is 0 Å². The summed E-state index contributed by atoms with van der Waals surface area (Å²) in [7, 11) is 0. The van der Waals surface area contributed by atoms with Gasteiger partial charge in [0.15, 0.2) is 5.78 Å².